The second kappa shape index (κ2) is 7.09. The number of para-hydroxylation sites is 1. The minimum absolute atomic E-state index is 0.811. The van der Waals surface area contributed by atoms with Crippen LogP contribution < -0.4 is 10.1 Å². The summed E-state index contributed by atoms with van der Waals surface area (Å²) in [7, 11) is 0. The average molecular weight is 274 g/mol. The Kier molecular flexibility index (Phi) is 4.93. The molecule has 0 radical (unpaired) electrons. The topological polar surface area (TPSA) is 24.5 Å². The van der Waals surface area contributed by atoms with Crippen LogP contribution in [-0.2, 0) is 0 Å². The Labute approximate surface area is 122 Å². The maximum atomic E-state index is 5.85. The minimum Gasteiger partial charge on any atom is -0.492 e. The van der Waals surface area contributed by atoms with Crippen LogP contribution in [0.1, 0.15) is 25.7 Å². The average Bonchev–Trinajstić information content (AvgIpc) is 3.33. The maximum Gasteiger partial charge on any atom is 0.119 e. The normalized spacial score (nSPS) is 20.2. The number of ether oxygens (including phenoxy) is 1. The zero-order chi connectivity index (χ0) is 13.6. The molecule has 1 saturated carbocycles. The van der Waals surface area contributed by atoms with E-state index in [1.165, 1.54) is 45.3 Å². The lowest BCUT2D eigenvalue weighted by atomic mass is 9.97. The van der Waals surface area contributed by atoms with E-state index >= 15 is 0 Å². The molecular weight excluding hydrogens is 248 g/mol. The van der Waals surface area contributed by atoms with Gasteiger partial charge in [0.1, 0.15) is 12.4 Å². The van der Waals surface area contributed by atoms with Gasteiger partial charge in [-0.25, -0.2) is 0 Å². The van der Waals surface area contributed by atoms with Gasteiger partial charge in [0, 0.05) is 19.1 Å². The molecule has 3 rings (SSSR count). The van der Waals surface area contributed by atoms with Crippen LogP contribution in [-0.4, -0.2) is 43.7 Å². The summed E-state index contributed by atoms with van der Waals surface area (Å²) < 4.78 is 5.85. The first-order chi connectivity index (χ1) is 9.92. The molecule has 0 bridgehead atoms. The minimum atomic E-state index is 0.811. The Bertz CT molecular complexity index is 385. The molecule has 1 aromatic rings. The van der Waals surface area contributed by atoms with Crippen molar-refractivity contribution >= 4 is 0 Å². The highest BCUT2D eigenvalue weighted by molar-refractivity contribution is 5.20. The highest BCUT2D eigenvalue weighted by Crippen LogP contribution is 2.28. The zero-order valence-electron chi connectivity index (χ0n) is 12.3. The van der Waals surface area contributed by atoms with Crippen molar-refractivity contribution in [1.82, 2.24) is 10.2 Å². The fraction of sp³-hybridized carbons (Fsp3) is 0.647. The van der Waals surface area contributed by atoms with Gasteiger partial charge in [-0.05, 0) is 56.8 Å². The van der Waals surface area contributed by atoms with Crippen molar-refractivity contribution in [2.75, 3.05) is 32.8 Å². The molecule has 0 unspecified atom stereocenters. The lowest BCUT2D eigenvalue weighted by molar-refractivity contribution is 0.164. The third-order valence-electron chi connectivity index (χ3n) is 4.41. The van der Waals surface area contributed by atoms with E-state index < -0.39 is 0 Å². The van der Waals surface area contributed by atoms with E-state index in [-0.39, 0.29) is 0 Å². The highest BCUT2D eigenvalue weighted by Gasteiger charge is 2.30. The van der Waals surface area contributed by atoms with Crippen molar-refractivity contribution in [3.05, 3.63) is 30.3 Å². The summed E-state index contributed by atoms with van der Waals surface area (Å²) in [5.74, 6) is 1.87. The number of benzene rings is 1. The number of rotatable bonds is 7. The van der Waals surface area contributed by atoms with Gasteiger partial charge in [0.15, 0.2) is 0 Å². The van der Waals surface area contributed by atoms with E-state index in [0.717, 1.165) is 30.9 Å². The van der Waals surface area contributed by atoms with E-state index in [1.807, 2.05) is 30.3 Å². The van der Waals surface area contributed by atoms with E-state index in [0.29, 0.717) is 0 Å². The summed E-state index contributed by atoms with van der Waals surface area (Å²) in [4.78, 5) is 2.67. The third kappa shape index (κ3) is 4.22. The van der Waals surface area contributed by atoms with Gasteiger partial charge in [-0.2, -0.15) is 0 Å². The summed E-state index contributed by atoms with van der Waals surface area (Å²) in [5, 5.41) is 3.45. The Morgan fingerprint density at radius 2 is 1.80 bits per heavy atom. The van der Waals surface area contributed by atoms with Crippen LogP contribution in [0.15, 0.2) is 30.3 Å². The van der Waals surface area contributed by atoms with E-state index in [4.69, 9.17) is 4.74 Å². The van der Waals surface area contributed by atoms with Crippen molar-refractivity contribution < 1.29 is 4.74 Å². The van der Waals surface area contributed by atoms with Crippen LogP contribution in [0, 0.1) is 5.92 Å². The van der Waals surface area contributed by atoms with E-state index in [1.54, 1.807) is 0 Å². The molecule has 110 valence electrons. The molecule has 0 spiro atoms. The standard InChI is InChI=1S/C17H26N2O/c1-2-4-17(5-3-1)20-13-12-19(16-6-7-16)14-15-8-10-18-11-9-15/h1-5,15-16,18H,6-14H2. The molecule has 1 aliphatic carbocycles. The SMILES string of the molecule is c1ccc(OCCN(CC2CCNCC2)C2CC2)cc1. The Balaban J connectivity index is 1.42. The molecule has 3 heteroatoms. The molecule has 0 atom stereocenters. The Hall–Kier alpha value is -1.06. The molecular formula is C17H26N2O. The van der Waals surface area contributed by atoms with Crippen molar-refractivity contribution in [1.29, 1.82) is 0 Å². The molecule has 20 heavy (non-hydrogen) atoms. The van der Waals surface area contributed by atoms with Crippen LogP contribution in [0.3, 0.4) is 0 Å². The van der Waals surface area contributed by atoms with Crippen LogP contribution in [0.25, 0.3) is 0 Å². The van der Waals surface area contributed by atoms with E-state index in [2.05, 4.69) is 10.2 Å². The lowest BCUT2D eigenvalue weighted by Gasteiger charge is -2.30. The second-order valence-corrected chi connectivity index (χ2v) is 6.08. The van der Waals surface area contributed by atoms with Crippen LogP contribution in [0.5, 0.6) is 5.75 Å². The molecule has 3 nitrogen and oxygen atoms in total. The predicted molar refractivity (Wildman–Crippen MR) is 82.1 cm³/mol. The molecule has 0 amide bonds. The molecule has 2 aliphatic rings. The number of nitrogens with zero attached hydrogens (tertiary/aromatic N) is 1. The number of piperidine rings is 1. The molecule has 1 N–H and O–H groups in total. The van der Waals surface area contributed by atoms with Crippen LogP contribution in [0.4, 0.5) is 0 Å². The number of nitrogens with one attached hydrogen (secondary N) is 1. The van der Waals surface area contributed by atoms with Crippen molar-refractivity contribution in [3.8, 4) is 5.75 Å². The van der Waals surface area contributed by atoms with Gasteiger partial charge in [0.25, 0.3) is 0 Å². The highest BCUT2D eigenvalue weighted by atomic mass is 16.5. The summed E-state index contributed by atoms with van der Waals surface area (Å²) in [5.41, 5.74) is 0. The molecule has 0 aromatic heterocycles. The van der Waals surface area contributed by atoms with Gasteiger partial charge >= 0.3 is 0 Å². The van der Waals surface area contributed by atoms with Crippen LogP contribution in [0.2, 0.25) is 0 Å². The molecule has 1 aliphatic heterocycles. The molecule has 1 aromatic carbocycles. The van der Waals surface area contributed by atoms with Gasteiger partial charge in [-0.1, -0.05) is 18.2 Å². The maximum absolute atomic E-state index is 5.85. The van der Waals surface area contributed by atoms with Gasteiger partial charge in [-0.15, -0.1) is 0 Å². The Morgan fingerprint density at radius 3 is 2.50 bits per heavy atom. The first-order valence-electron chi connectivity index (χ1n) is 8.04. The second-order valence-electron chi connectivity index (χ2n) is 6.08. The number of hydrogen-bond donors (Lipinski definition) is 1. The fourth-order valence-electron chi connectivity index (χ4n) is 3.06. The summed E-state index contributed by atoms with van der Waals surface area (Å²) in [6.07, 6.45) is 5.44. The van der Waals surface area contributed by atoms with Gasteiger partial charge in [-0.3, -0.25) is 4.90 Å². The first-order valence-corrected chi connectivity index (χ1v) is 8.04. The summed E-state index contributed by atoms with van der Waals surface area (Å²) in [6.45, 7) is 5.55. The van der Waals surface area contributed by atoms with Crippen molar-refractivity contribution in [2.45, 2.75) is 31.7 Å². The lowest BCUT2D eigenvalue weighted by Crippen LogP contribution is -2.39. The van der Waals surface area contributed by atoms with Gasteiger partial charge in [0.2, 0.25) is 0 Å². The molecule has 1 saturated heterocycles. The largest absolute Gasteiger partial charge is 0.492 e. The monoisotopic (exact) mass is 274 g/mol. The molecule has 2 fully saturated rings. The quantitative estimate of drug-likeness (QED) is 0.827. The summed E-state index contributed by atoms with van der Waals surface area (Å²) in [6, 6.07) is 11.0. The predicted octanol–water partition coefficient (Wildman–Crippen LogP) is 2.53. The first kappa shape index (κ1) is 13.9. The number of hydrogen-bond acceptors (Lipinski definition) is 3. The van der Waals surface area contributed by atoms with Crippen molar-refractivity contribution in [3.63, 3.8) is 0 Å². The Morgan fingerprint density at radius 1 is 1.05 bits per heavy atom. The molecule has 1 heterocycles. The zero-order valence-corrected chi connectivity index (χ0v) is 12.3. The van der Waals surface area contributed by atoms with Gasteiger partial charge < -0.3 is 10.1 Å². The summed E-state index contributed by atoms with van der Waals surface area (Å²) >= 11 is 0. The smallest absolute Gasteiger partial charge is 0.119 e. The third-order valence-corrected chi connectivity index (χ3v) is 4.41. The van der Waals surface area contributed by atoms with E-state index in [9.17, 15) is 0 Å². The van der Waals surface area contributed by atoms with Crippen molar-refractivity contribution in [2.24, 2.45) is 5.92 Å². The fourth-order valence-corrected chi connectivity index (χ4v) is 3.06. The van der Waals surface area contributed by atoms with Gasteiger partial charge in [0.05, 0.1) is 0 Å². The van der Waals surface area contributed by atoms with Crippen LogP contribution >= 0.6 is 0 Å².